The minimum atomic E-state index is 0.0240. The largest absolute Gasteiger partial charge is 0.378 e. The Labute approximate surface area is 112 Å². The van der Waals surface area contributed by atoms with Gasteiger partial charge in [-0.1, -0.05) is 17.7 Å². The molecule has 1 aliphatic rings. The summed E-state index contributed by atoms with van der Waals surface area (Å²) in [6.07, 6.45) is 3.74. The zero-order valence-electron chi connectivity index (χ0n) is 10.5. The van der Waals surface area contributed by atoms with Gasteiger partial charge in [0.1, 0.15) is 0 Å². The summed E-state index contributed by atoms with van der Waals surface area (Å²) in [4.78, 5) is 11.8. The number of hydrogen-bond donors (Lipinski definition) is 1. The van der Waals surface area contributed by atoms with E-state index in [2.05, 4.69) is 5.32 Å². The molecule has 1 atom stereocenters. The van der Waals surface area contributed by atoms with Gasteiger partial charge in [-0.15, -0.1) is 0 Å². The van der Waals surface area contributed by atoms with Gasteiger partial charge in [0.25, 0.3) is 0 Å². The predicted molar refractivity (Wildman–Crippen MR) is 73.0 cm³/mol. The monoisotopic (exact) mass is 267 g/mol. The number of hydrogen-bond acceptors (Lipinski definition) is 2. The van der Waals surface area contributed by atoms with Gasteiger partial charge in [-0.25, -0.2) is 0 Å². The summed E-state index contributed by atoms with van der Waals surface area (Å²) in [6, 6.07) is 5.52. The van der Waals surface area contributed by atoms with Crippen LogP contribution in [0.3, 0.4) is 0 Å². The van der Waals surface area contributed by atoms with Crippen LogP contribution < -0.4 is 5.32 Å². The van der Waals surface area contributed by atoms with E-state index in [1.165, 1.54) is 0 Å². The lowest BCUT2D eigenvalue weighted by molar-refractivity contribution is -0.116. The summed E-state index contributed by atoms with van der Waals surface area (Å²) in [6.45, 7) is 2.73. The number of carbonyl (C=O) groups excluding carboxylic acids is 1. The van der Waals surface area contributed by atoms with E-state index in [0.717, 1.165) is 37.1 Å². The topological polar surface area (TPSA) is 38.3 Å². The van der Waals surface area contributed by atoms with Gasteiger partial charge in [0.15, 0.2) is 0 Å². The third-order valence-corrected chi connectivity index (χ3v) is 3.67. The first-order valence-corrected chi connectivity index (χ1v) is 6.71. The molecule has 0 aliphatic carbocycles. The van der Waals surface area contributed by atoms with Crippen LogP contribution >= 0.6 is 11.6 Å². The van der Waals surface area contributed by atoms with Gasteiger partial charge in [-0.3, -0.25) is 4.79 Å². The molecule has 98 valence electrons. The van der Waals surface area contributed by atoms with E-state index < -0.39 is 0 Å². The molecular weight excluding hydrogens is 250 g/mol. The molecule has 1 N–H and O–H groups in total. The molecule has 1 aromatic rings. The fraction of sp³-hybridized carbons (Fsp3) is 0.500. The van der Waals surface area contributed by atoms with Crippen molar-refractivity contribution in [2.45, 2.75) is 38.7 Å². The van der Waals surface area contributed by atoms with Gasteiger partial charge >= 0.3 is 0 Å². The molecule has 1 fully saturated rings. The molecule has 18 heavy (non-hydrogen) atoms. The first kappa shape index (κ1) is 13.4. The van der Waals surface area contributed by atoms with Gasteiger partial charge in [0, 0.05) is 23.7 Å². The smallest absolute Gasteiger partial charge is 0.224 e. The Balaban J connectivity index is 1.84. The molecule has 1 amide bonds. The van der Waals surface area contributed by atoms with Crippen LogP contribution in [0.25, 0.3) is 0 Å². The molecule has 1 heterocycles. The lowest BCUT2D eigenvalue weighted by atomic mass is 10.1. The van der Waals surface area contributed by atoms with Crippen molar-refractivity contribution in [1.29, 1.82) is 0 Å². The summed E-state index contributed by atoms with van der Waals surface area (Å²) in [5, 5.41) is 3.57. The number of benzene rings is 1. The maximum atomic E-state index is 11.8. The van der Waals surface area contributed by atoms with Gasteiger partial charge < -0.3 is 10.1 Å². The summed E-state index contributed by atoms with van der Waals surface area (Å²) >= 11 is 6.01. The predicted octanol–water partition coefficient (Wildman–Crippen LogP) is 3.55. The number of carbonyl (C=O) groups is 1. The second-order valence-electron chi connectivity index (χ2n) is 4.63. The van der Waals surface area contributed by atoms with E-state index >= 15 is 0 Å². The van der Waals surface area contributed by atoms with Crippen LogP contribution in [-0.2, 0) is 9.53 Å². The van der Waals surface area contributed by atoms with E-state index in [-0.39, 0.29) is 12.0 Å². The molecule has 1 aliphatic heterocycles. The second kappa shape index (κ2) is 6.21. The average molecular weight is 268 g/mol. The Morgan fingerprint density at radius 3 is 3.11 bits per heavy atom. The lowest BCUT2D eigenvalue weighted by Crippen LogP contribution is -2.15. The van der Waals surface area contributed by atoms with Crippen molar-refractivity contribution in [1.82, 2.24) is 0 Å². The molecule has 0 bridgehead atoms. The van der Waals surface area contributed by atoms with Gasteiger partial charge in [0.2, 0.25) is 5.91 Å². The van der Waals surface area contributed by atoms with E-state index in [1.807, 2.05) is 25.1 Å². The van der Waals surface area contributed by atoms with Crippen molar-refractivity contribution in [3.05, 3.63) is 28.8 Å². The summed E-state index contributed by atoms with van der Waals surface area (Å²) in [7, 11) is 0. The number of ether oxygens (including phenoxy) is 1. The standard InChI is InChI=1S/C14H18ClNO2/c1-10-12(15)5-2-6-13(10)16-14(17)8-7-11-4-3-9-18-11/h2,5-6,11H,3-4,7-9H2,1H3,(H,16,17)/t11-/m1/s1. The van der Waals surface area contributed by atoms with Gasteiger partial charge in [-0.05, 0) is 43.9 Å². The van der Waals surface area contributed by atoms with Crippen LogP contribution in [0.2, 0.25) is 5.02 Å². The maximum Gasteiger partial charge on any atom is 0.224 e. The highest BCUT2D eigenvalue weighted by Crippen LogP contribution is 2.23. The molecule has 0 unspecified atom stereocenters. The van der Waals surface area contributed by atoms with Crippen molar-refractivity contribution < 1.29 is 9.53 Å². The van der Waals surface area contributed by atoms with Crippen molar-refractivity contribution in [2.24, 2.45) is 0 Å². The minimum absolute atomic E-state index is 0.0240. The van der Waals surface area contributed by atoms with E-state index in [0.29, 0.717) is 11.4 Å². The molecule has 2 rings (SSSR count). The molecule has 1 aromatic carbocycles. The molecule has 4 heteroatoms. The number of halogens is 1. The first-order valence-electron chi connectivity index (χ1n) is 6.33. The maximum absolute atomic E-state index is 11.8. The number of nitrogens with one attached hydrogen (secondary N) is 1. The molecule has 0 spiro atoms. The number of rotatable bonds is 4. The van der Waals surface area contributed by atoms with Crippen LogP contribution in [0.4, 0.5) is 5.69 Å². The van der Waals surface area contributed by atoms with Crippen LogP contribution in [0, 0.1) is 6.92 Å². The van der Waals surface area contributed by atoms with Crippen LogP contribution in [0.5, 0.6) is 0 Å². The Morgan fingerprint density at radius 2 is 2.39 bits per heavy atom. The van der Waals surface area contributed by atoms with Crippen LogP contribution in [-0.4, -0.2) is 18.6 Å². The van der Waals surface area contributed by atoms with Gasteiger partial charge in [0.05, 0.1) is 6.10 Å². The first-order chi connectivity index (χ1) is 8.66. The van der Waals surface area contributed by atoms with Crippen LogP contribution in [0.15, 0.2) is 18.2 Å². The Bertz CT molecular complexity index is 428. The summed E-state index contributed by atoms with van der Waals surface area (Å²) in [5.74, 6) is 0.0240. The number of amides is 1. The third-order valence-electron chi connectivity index (χ3n) is 3.26. The molecule has 0 radical (unpaired) electrons. The van der Waals surface area contributed by atoms with Crippen molar-refractivity contribution in [3.63, 3.8) is 0 Å². The highest BCUT2D eigenvalue weighted by atomic mass is 35.5. The Kier molecular flexibility index (Phi) is 4.61. The average Bonchev–Trinajstić information content (AvgIpc) is 2.86. The SMILES string of the molecule is Cc1c(Cl)cccc1NC(=O)CC[C@H]1CCCO1. The molecule has 0 saturated carbocycles. The fourth-order valence-electron chi connectivity index (χ4n) is 2.12. The Morgan fingerprint density at radius 1 is 1.56 bits per heavy atom. The van der Waals surface area contributed by atoms with E-state index in [9.17, 15) is 4.79 Å². The van der Waals surface area contributed by atoms with Crippen LogP contribution in [0.1, 0.15) is 31.2 Å². The molecular formula is C14H18ClNO2. The van der Waals surface area contributed by atoms with Gasteiger partial charge in [-0.2, -0.15) is 0 Å². The van der Waals surface area contributed by atoms with Crippen molar-refractivity contribution in [3.8, 4) is 0 Å². The number of anilines is 1. The zero-order chi connectivity index (χ0) is 13.0. The lowest BCUT2D eigenvalue weighted by Gasteiger charge is -2.11. The Hall–Kier alpha value is -1.06. The van der Waals surface area contributed by atoms with E-state index in [4.69, 9.17) is 16.3 Å². The highest BCUT2D eigenvalue weighted by Gasteiger charge is 2.17. The molecule has 0 aromatic heterocycles. The normalized spacial score (nSPS) is 18.9. The quantitative estimate of drug-likeness (QED) is 0.906. The highest BCUT2D eigenvalue weighted by molar-refractivity contribution is 6.31. The zero-order valence-corrected chi connectivity index (χ0v) is 11.3. The molecule has 3 nitrogen and oxygen atoms in total. The third kappa shape index (κ3) is 3.47. The van der Waals surface area contributed by atoms with E-state index in [1.54, 1.807) is 0 Å². The van der Waals surface area contributed by atoms with Crippen molar-refractivity contribution in [2.75, 3.05) is 11.9 Å². The fourth-order valence-corrected chi connectivity index (χ4v) is 2.29. The second-order valence-corrected chi connectivity index (χ2v) is 5.04. The minimum Gasteiger partial charge on any atom is -0.378 e. The molecule has 1 saturated heterocycles. The summed E-state index contributed by atoms with van der Waals surface area (Å²) < 4.78 is 5.50. The van der Waals surface area contributed by atoms with Crippen molar-refractivity contribution >= 4 is 23.2 Å². The summed E-state index contributed by atoms with van der Waals surface area (Å²) in [5.41, 5.74) is 1.70.